The fourth-order valence-corrected chi connectivity index (χ4v) is 3.07. The molecule has 2 rings (SSSR count). The molecule has 0 spiro atoms. The molecule has 1 aromatic rings. The van der Waals surface area contributed by atoms with Crippen LogP contribution in [-0.4, -0.2) is 39.7 Å². The highest BCUT2D eigenvalue weighted by Crippen LogP contribution is 2.29. The van der Waals surface area contributed by atoms with Crippen molar-refractivity contribution < 1.29 is 9.90 Å². The number of aliphatic hydroxyl groups excluding tert-OH is 1. The van der Waals surface area contributed by atoms with Crippen molar-refractivity contribution in [1.82, 2.24) is 9.47 Å². The normalized spacial score (nSPS) is 22.9. The van der Waals surface area contributed by atoms with E-state index in [1.807, 2.05) is 27.8 Å². The summed E-state index contributed by atoms with van der Waals surface area (Å²) in [5.41, 5.74) is 0.702. The summed E-state index contributed by atoms with van der Waals surface area (Å²) in [6, 6.07) is 4.08. The second-order valence-corrected chi connectivity index (χ2v) is 6.93. The van der Waals surface area contributed by atoms with Gasteiger partial charge < -0.3 is 14.6 Å². The molecule has 1 aliphatic heterocycles. The fraction of sp³-hybridized carbons (Fsp3) is 0.688. The van der Waals surface area contributed by atoms with Gasteiger partial charge in [0.2, 0.25) is 0 Å². The first-order valence-corrected chi connectivity index (χ1v) is 7.44. The molecule has 1 fully saturated rings. The van der Waals surface area contributed by atoms with Crippen LogP contribution >= 0.6 is 0 Å². The molecule has 20 heavy (non-hydrogen) atoms. The van der Waals surface area contributed by atoms with Crippen LogP contribution in [0.25, 0.3) is 0 Å². The van der Waals surface area contributed by atoms with Crippen LogP contribution in [0.2, 0.25) is 0 Å². The Morgan fingerprint density at radius 1 is 1.45 bits per heavy atom. The number of likely N-dealkylation sites (tertiary alicyclic amines) is 1. The highest BCUT2D eigenvalue weighted by atomic mass is 16.3. The van der Waals surface area contributed by atoms with Crippen LogP contribution in [0.5, 0.6) is 0 Å². The molecule has 4 heteroatoms. The fourth-order valence-electron chi connectivity index (χ4n) is 3.07. The van der Waals surface area contributed by atoms with Gasteiger partial charge in [-0.25, -0.2) is 0 Å². The summed E-state index contributed by atoms with van der Waals surface area (Å²) >= 11 is 0. The van der Waals surface area contributed by atoms with E-state index in [0.717, 1.165) is 12.1 Å². The highest BCUT2D eigenvalue weighted by Gasteiger charge is 2.32. The van der Waals surface area contributed by atoms with E-state index in [-0.39, 0.29) is 23.5 Å². The summed E-state index contributed by atoms with van der Waals surface area (Å²) in [5, 5.41) is 9.95. The molecule has 4 nitrogen and oxygen atoms in total. The van der Waals surface area contributed by atoms with Crippen molar-refractivity contribution in [1.29, 1.82) is 0 Å². The molecular weight excluding hydrogens is 252 g/mol. The Kier molecular flexibility index (Phi) is 4.23. The quantitative estimate of drug-likeness (QED) is 0.904. The zero-order valence-electron chi connectivity index (χ0n) is 13.0. The molecule has 1 atom stereocenters. The molecule has 112 valence electrons. The number of nitrogens with zero attached hydrogens (tertiary/aromatic N) is 2. The SMILES string of the molecule is CC(C)n1cccc1C(=O)N1CC[C@H](O)CC(C)(C)C1. The molecule has 0 bridgehead atoms. The lowest BCUT2D eigenvalue weighted by Gasteiger charge is -2.30. The number of hydrogen-bond donors (Lipinski definition) is 1. The third kappa shape index (κ3) is 3.23. The number of hydrogen-bond acceptors (Lipinski definition) is 2. The first-order valence-electron chi connectivity index (χ1n) is 7.44. The number of aromatic nitrogens is 1. The summed E-state index contributed by atoms with van der Waals surface area (Å²) in [5.74, 6) is 0.0749. The Balaban J connectivity index is 2.21. The maximum Gasteiger partial charge on any atom is 0.270 e. The summed E-state index contributed by atoms with van der Waals surface area (Å²) in [6.07, 6.45) is 3.06. The molecule has 0 radical (unpaired) electrons. The Labute approximate surface area is 121 Å². The Bertz CT molecular complexity index is 477. The Morgan fingerprint density at radius 2 is 2.15 bits per heavy atom. The van der Waals surface area contributed by atoms with Crippen LogP contribution in [0.1, 0.15) is 57.1 Å². The van der Waals surface area contributed by atoms with Crippen molar-refractivity contribution >= 4 is 5.91 Å². The third-order valence-corrected chi connectivity index (χ3v) is 3.98. The lowest BCUT2D eigenvalue weighted by atomic mass is 9.87. The zero-order valence-corrected chi connectivity index (χ0v) is 13.0. The molecule has 0 saturated carbocycles. The number of carbonyl (C=O) groups excluding carboxylic acids is 1. The average molecular weight is 278 g/mol. The van der Waals surface area contributed by atoms with E-state index in [1.165, 1.54) is 0 Å². The van der Waals surface area contributed by atoms with Crippen molar-refractivity contribution in [2.45, 2.75) is 52.7 Å². The van der Waals surface area contributed by atoms with Crippen molar-refractivity contribution in [2.75, 3.05) is 13.1 Å². The largest absolute Gasteiger partial charge is 0.393 e. The number of rotatable bonds is 2. The molecular formula is C16H26N2O2. The van der Waals surface area contributed by atoms with Gasteiger partial charge in [-0.05, 0) is 44.2 Å². The first kappa shape index (κ1) is 15.1. The predicted octanol–water partition coefficient (Wildman–Crippen LogP) is 2.69. The van der Waals surface area contributed by atoms with E-state index in [2.05, 4.69) is 27.7 Å². The van der Waals surface area contributed by atoms with E-state index >= 15 is 0 Å². The van der Waals surface area contributed by atoms with Crippen LogP contribution < -0.4 is 0 Å². The average Bonchev–Trinajstić information content (AvgIpc) is 2.76. The molecule has 0 aliphatic carbocycles. The lowest BCUT2D eigenvalue weighted by Crippen LogP contribution is -2.38. The van der Waals surface area contributed by atoms with E-state index in [1.54, 1.807) is 0 Å². The van der Waals surface area contributed by atoms with Gasteiger partial charge in [-0.3, -0.25) is 4.79 Å². The second kappa shape index (κ2) is 5.60. The van der Waals surface area contributed by atoms with Crippen LogP contribution in [0.4, 0.5) is 0 Å². The maximum absolute atomic E-state index is 12.8. The summed E-state index contributed by atoms with van der Waals surface area (Å²) in [7, 11) is 0. The van der Waals surface area contributed by atoms with Gasteiger partial charge in [0.25, 0.3) is 5.91 Å². The molecule has 0 aromatic carbocycles. The van der Waals surface area contributed by atoms with Crippen LogP contribution in [0, 0.1) is 5.41 Å². The van der Waals surface area contributed by atoms with E-state index < -0.39 is 0 Å². The van der Waals surface area contributed by atoms with Gasteiger partial charge in [-0.2, -0.15) is 0 Å². The summed E-state index contributed by atoms with van der Waals surface area (Å²) in [6.45, 7) is 9.71. The first-order chi connectivity index (χ1) is 9.30. The van der Waals surface area contributed by atoms with Gasteiger partial charge >= 0.3 is 0 Å². The summed E-state index contributed by atoms with van der Waals surface area (Å²) < 4.78 is 2.01. The molecule has 1 aliphatic rings. The zero-order chi connectivity index (χ0) is 14.9. The van der Waals surface area contributed by atoms with Crippen LogP contribution in [-0.2, 0) is 0 Å². The van der Waals surface area contributed by atoms with Crippen molar-refractivity contribution in [3.05, 3.63) is 24.0 Å². The number of aliphatic hydroxyl groups is 1. The van der Waals surface area contributed by atoms with E-state index in [9.17, 15) is 9.90 Å². The van der Waals surface area contributed by atoms with Gasteiger partial charge in [0.1, 0.15) is 5.69 Å². The Hall–Kier alpha value is -1.29. The van der Waals surface area contributed by atoms with Gasteiger partial charge in [0.15, 0.2) is 0 Å². The van der Waals surface area contributed by atoms with Crippen LogP contribution in [0.15, 0.2) is 18.3 Å². The molecule has 2 heterocycles. The maximum atomic E-state index is 12.8. The Morgan fingerprint density at radius 3 is 2.80 bits per heavy atom. The van der Waals surface area contributed by atoms with Gasteiger partial charge in [0.05, 0.1) is 6.10 Å². The second-order valence-electron chi connectivity index (χ2n) is 6.93. The summed E-state index contributed by atoms with van der Waals surface area (Å²) in [4.78, 5) is 14.7. The highest BCUT2D eigenvalue weighted by molar-refractivity contribution is 5.92. The topological polar surface area (TPSA) is 45.5 Å². The van der Waals surface area contributed by atoms with Crippen LogP contribution in [0.3, 0.4) is 0 Å². The van der Waals surface area contributed by atoms with E-state index in [4.69, 9.17) is 0 Å². The molecule has 1 N–H and O–H groups in total. The minimum Gasteiger partial charge on any atom is -0.393 e. The molecule has 1 amide bonds. The monoisotopic (exact) mass is 278 g/mol. The third-order valence-electron chi connectivity index (χ3n) is 3.98. The number of amides is 1. The number of carbonyl (C=O) groups is 1. The van der Waals surface area contributed by atoms with Gasteiger partial charge in [0, 0.05) is 25.3 Å². The van der Waals surface area contributed by atoms with Crippen molar-refractivity contribution in [3.8, 4) is 0 Å². The molecule has 1 saturated heterocycles. The van der Waals surface area contributed by atoms with Crippen molar-refractivity contribution in [3.63, 3.8) is 0 Å². The lowest BCUT2D eigenvalue weighted by molar-refractivity contribution is 0.0692. The molecule has 1 aromatic heterocycles. The molecule has 0 unspecified atom stereocenters. The smallest absolute Gasteiger partial charge is 0.270 e. The predicted molar refractivity (Wildman–Crippen MR) is 79.7 cm³/mol. The standard InChI is InChI=1S/C16H26N2O2/c1-12(2)18-8-5-6-14(18)15(20)17-9-7-13(19)10-16(3,4)11-17/h5-6,8,12-13,19H,7,9-11H2,1-4H3/t13-/m0/s1. The van der Waals surface area contributed by atoms with Gasteiger partial charge in [-0.1, -0.05) is 13.8 Å². The van der Waals surface area contributed by atoms with Crippen molar-refractivity contribution in [2.24, 2.45) is 5.41 Å². The minimum absolute atomic E-state index is 0.0408. The van der Waals surface area contributed by atoms with E-state index in [0.29, 0.717) is 19.5 Å². The minimum atomic E-state index is -0.306. The van der Waals surface area contributed by atoms with Gasteiger partial charge in [-0.15, -0.1) is 0 Å².